The van der Waals surface area contributed by atoms with E-state index in [1.54, 1.807) is 12.1 Å². The summed E-state index contributed by atoms with van der Waals surface area (Å²) in [7, 11) is 0. The van der Waals surface area contributed by atoms with Crippen LogP contribution in [0.1, 0.15) is 5.56 Å². The van der Waals surface area contributed by atoms with Crippen molar-refractivity contribution in [3.8, 4) is 5.75 Å². The molecule has 4 nitrogen and oxygen atoms in total. The summed E-state index contributed by atoms with van der Waals surface area (Å²) in [6.45, 7) is 3.17. The van der Waals surface area contributed by atoms with Crippen molar-refractivity contribution in [1.82, 2.24) is 10.2 Å². The summed E-state index contributed by atoms with van der Waals surface area (Å²) in [4.78, 5) is 13.8. The number of phenols is 1. The molecule has 0 spiro atoms. The molecule has 0 atom stereocenters. The van der Waals surface area contributed by atoms with Crippen molar-refractivity contribution in [3.05, 3.63) is 28.8 Å². The van der Waals surface area contributed by atoms with E-state index in [0.29, 0.717) is 11.4 Å². The third-order valence-corrected chi connectivity index (χ3v) is 3.20. The van der Waals surface area contributed by atoms with Gasteiger partial charge in [-0.05, 0) is 17.7 Å². The SMILES string of the molecule is Cl.O=C(Cc1ccc(O)cc1Cl)N1CCNCC1. The van der Waals surface area contributed by atoms with Gasteiger partial charge in [0, 0.05) is 31.2 Å². The van der Waals surface area contributed by atoms with Gasteiger partial charge in [0.2, 0.25) is 5.91 Å². The fraction of sp³-hybridized carbons (Fsp3) is 0.417. The molecular weight excluding hydrogens is 275 g/mol. The second-order valence-corrected chi connectivity index (χ2v) is 4.49. The lowest BCUT2D eigenvalue weighted by atomic mass is 10.1. The highest BCUT2D eigenvalue weighted by Gasteiger charge is 2.17. The van der Waals surface area contributed by atoms with E-state index < -0.39 is 0 Å². The van der Waals surface area contributed by atoms with Gasteiger partial charge in [-0.2, -0.15) is 0 Å². The van der Waals surface area contributed by atoms with Crippen LogP contribution in [0.25, 0.3) is 0 Å². The van der Waals surface area contributed by atoms with E-state index in [0.717, 1.165) is 31.7 Å². The van der Waals surface area contributed by atoms with Crippen LogP contribution in [0.2, 0.25) is 5.02 Å². The van der Waals surface area contributed by atoms with E-state index in [9.17, 15) is 9.90 Å². The molecule has 0 saturated carbocycles. The molecular formula is C12H16Cl2N2O2. The molecule has 0 aliphatic carbocycles. The summed E-state index contributed by atoms with van der Waals surface area (Å²) < 4.78 is 0. The molecule has 6 heteroatoms. The molecule has 1 aromatic rings. The van der Waals surface area contributed by atoms with Crippen LogP contribution in [0.4, 0.5) is 0 Å². The Labute approximate surface area is 117 Å². The summed E-state index contributed by atoms with van der Waals surface area (Å²) in [6, 6.07) is 4.70. The molecule has 0 bridgehead atoms. The maximum Gasteiger partial charge on any atom is 0.227 e. The normalized spacial score (nSPS) is 15.1. The predicted molar refractivity (Wildman–Crippen MR) is 73.5 cm³/mol. The first-order valence-electron chi connectivity index (χ1n) is 5.63. The number of rotatable bonds is 2. The van der Waals surface area contributed by atoms with Gasteiger partial charge >= 0.3 is 0 Å². The standard InChI is InChI=1S/C12H15ClN2O2.ClH/c13-11-8-10(16)2-1-9(11)7-12(17)15-5-3-14-4-6-15;/h1-2,8,14,16H,3-7H2;1H. The number of nitrogens with zero attached hydrogens (tertiary/aromatic N) is 1. The van der Waals surface area contributed by atoms with E-state index >= 15 is 0 Å². The number of halogens is 2. The van der Waals surface area contributed by atoms with Crippen molar-refractivity contribution in [2.45, 2.75) is 6.42 Å². The maximum atomic E-state index is 12.0. The Kier molecular flexibility index (Phi) is 5.72. The van der Waals surface area contributed by atoms with Crippen molar-refractivity contribution in [2.24, 2.45) is 0 Å². The molecule has 0 unspecified atom stereocenters. The minimum atomic E-state index is 0. The van der Waals surface area contributed by atoms with Crippen molar-refractivity contribution < 1.29 is 9.90 Å². The van der Waals surface area contributed by atoms with Gasteiger partial charge in [0.05, 0.1) is 6.42 Å². The van der Waals surface area contributed by atoms with E-state index in [1.165, 1.54) is 6.07 Å². The van der Waals surface area contributed by atoms with Gasteiger partial charge in [-0.3, -0.25) is 4.79 Å². The van der Waals surface area contributed by atoms with Gasteiger partial charge in [-0.1, -0.05) is 17.7 Å². The Bertz CT molecular complexity index is 421. The Balaban J connectivity index is 0.00000162. The number of carbonyl (C=O) groups excluding carboxylic acids is 1. The van der Waals surface area contributed by atoms with Crippen molar-refractivity contribution in [1.29, 1.82) is 0 Å². The quantitative estimate of drug-likeness (QED) is 0.867. The van der Waals surface area contributed by atoms with Gasteiger partial charge in [0.1, 0.15) is 5.75 Å². The highest BCUT2D eigenvalue weighted by molar-refractivity contribution is 6.31. The van der Waals surface area contributed by atoms with Crippen LogP contribution in [-0.2, 0) is 11.2 Å². The van der Waals surface area contributed by atoms with E-state index in [2.05, 4.69) is 5.32 Å². The van der Waals surface area contributed by atoms with Gasteiger partial charge in [0.25, 0.3) is 0 Å². The molecule has 2 N–H and O–H groups in total. The zero-order chi connectivity index (χ0) is 12.3. The minimum Gasteiger partial charge on any atom is -0.508 e. The molecule has 1 heterocycles. The van der Waals surface area contributed by atoms with Gasteiger partial charge in [-0.15, -0.1) is 12.4 Å². The zero-order valence-corrected chi connectivity index (χ0v) is 11.4. The monoisotopic (exact) mass is 290 g/mol. The van der Waals surface area contributed by atoms with E-state index in [4.69, 9.17) is 11.6 Å². The number of phenolic OH excluding ortho intramolecular Hbond substituents is 1. The van der Waals surface area contributed by atoms with E-state index in [-0.39, 0.29) is 24.1 Å². The molecule has 1 fully saturated rings. The maximum absolute atomic E-state index is 12.0. The van der Waals surface area contributed by atoms with Crippen LogP contribution in [0, 0.1) is 0 Å². The largest absolute Gasteiger partial charge is 0.508 e. The lowest BCUT2D eigenvalue weighted by molar-refractivity contribution is -0.131. The van der Waals surface area contributed by atoms with Crippen molar-refractivity contribution in [2.75, 3.05) is 26.2 Å². The lowest BCUT2D eigenvalue weighted by Gasteiger charge is -2.27. The summed E-state index contributed by atoms with van der Waals surface area (Å²) in [6.07, 6.45) is 0.291. The average molecular weight is 291 g/mol. The molecule has 18 heavy (non-hydrogen) atoms. The minimum absolute atomic E-state index is 0. The topological polar surface area (TPSA) is 52.6 Å². The molecule has 1 aromatic carbocycles. The molecule has 1 saturated heterocycles. The number of piperazine rings is 1. The predicted octanol–water partition coefficient (Wildman–Crippen LogP) is 1.44. The number of hydrogen-bond donors (Lipinski definition) is 2. The Morgan fingerprint density at radius 2 is 2.06 bits per heavy atom. The summed E-state index contributed by atoms with van der Waals surface area (Å²) in [5.41, 5.74) is 0.757. The van der Waals surface area contributed by atoms with Crippen LogP contribution in [0.15, 0.2) is 18.2 Å². The van der Waals surface area contributed by atoms with Crippen LogP contribution >= 0.6 is 24.0 Å². The molecule has 0 radical (unpaired) electrons. The zero-order valence-electron chi connectivity index (χ0n) is 9.86. The van der Waals surface area contributed by atoms with Gasteiger partial charge in [0.15, 0.2) is 0 Å². The first-order chi connectivity index (χ1) is 8.16. The molecule has 0 aromatic heterocycles. The number of benzene rings is 1. The Morgan fingerprint density at radius 3 is 2.67 bits per heavy atom. The first kappa shape index (κ1) is 15.1. The number of aromatic hydroxyl groups is 1. The van der Waals surface area contributed by atoms with Crippen LogP contribution in [0.5, 0.6) is 5.75 Å². The fourth-order valence-corrected chi connectivity index (χ4v) is 2.11. The number of hydrogen-bond acceptors (Lipinski definition) is 3. The van der Waals surface area contributed by atoms with Crippen molar-refractivity contribution in [3.63, 3.8) is 0 Å². The van der Waals surface area contributed by atoms with Crippen LogP contribution in [0.3, 0.4) is 0 Å². The lowest BCUT2D eigenvalue weighted by Crippen LogP contribution is -2.46. The second-order valence-electron chi connectivity index (χ2n) is 4.08. The van der Waals surface area contributed by atoms with Crippen molar-refractivity contribution >= 4 is 29.9 Å². The molecule has 1 amide bonds. The average Bonchev–Trinajstić information content (AvgIpc) is 2.34. The molecule has 2 rings (SSSR count). The third kappa shape index (κ3) is 3.77. The van der Waals surface area contributed by atoms with E-state index in [1.807, 2.05) is 4.90 Å². The number of carbonyl (C=O) groups is 1. The smallest absolute Gasteiger partial charge is 0.227 e. The van der Waals surface area contributed by atoms with Crippen LogP contribution in [-0.4, -0.2) is 42.1 Å². The Morgan fingerprint density at radius 1 is 1.39 bits per heavy atom. The molecule has 100 valence electrons. The summed E-state index contributed by atoms with van der Waals surface area (Å²) >= 11 is 5.97. The second kappa shape index (κ2) is 6.83. The first-order valence-corrected chi connectivity index (χ1v) is 6.00. The van der Waals surface area contributed by atoms with Gasteiger partial charge < -0.3 is 15.3 Å². The van der Waals surface area contributed by atoms with Crippen LogP contribution < -0.4 is 5.32 Å². The van der Waals surface area contributed by atoms with Gasteiger partial charge in [-0.25, -0.2) is 0 Å². The summed E-state index contributed by atoms with van der Waals surface area (Å²) in [5, 5.41) is 12.9. The third-order valence-electron chi connectivity index (χ3n) is 2.85. The fourth-order valence-electron chi connectivity index (χ4n) is 1.87. The summed E-state index contributed by atoms with van der Waals surface area (Å²) in [5.74, 6) is 0.201. The molecule has 1 aliphatic heterocycles. The highest BCUT2D eigenvalue weighted by Crippen LogP contribution is 2.22. The highest BCUT2D eigenvalue weighted by atomic mass is 35.5. The molecule has 1 aliphatic rings. The Hall–Kier alpha value is -0.970. The number of nitrogens with one attached hydrogen (secondary N) is 1. The number of amides is 1.